The average Bonchev–Trinajstić information content (AvgIpc) is 3.14. The van der Waals surface area contributed by atoms with Crippen LogP contribution in [-0.2, 0) is 14.3 Å². The molecule has 4 fully saturated rings. The fourth-order valence-electron chi connectivity index (χ4n) is 10.1. The monoisotopic (exact) mass is 482 g/mol. The Morgan fingerprint density at radius 1 is 1.06 bits per heavy atom. The van der Waals surface area contributed by atoms with E-state index < -0.39 is 0 Å². The first-order valence-corrected chi connectivity index (χ1v) is 15.1. The second-order valence-corrected chi connectivity index (χ2v) is 14.0. The van der Waals surface area contributed by atoms with E-state index in [1.54, 1.807) is 0 Å². The first-order chi connectivity index (χ1) is 16.7. The van der Waals surface area contributed by atoms with Crippen LogP contribution in [0.15, 0.2) is 11.6 Å². The maximum atomic E-state index is 13.3. The first kappa shape index (κ1) is 25.5. The normalized spacial score (nSPS) is 47.3. The molecule has 0 N–H and O–H groups in total. The van der Waals surface area contributed by atoms with E-state index in [1.807, 2.05) is 6.08 Å². The van der Waals surface area contributed by atoms with Crippen LogP contribution in [0, 0.1) is 52.3 Å². The molecule has 4 saturated carbocycles. The van der Waals surface area contributed by atoms with Crippen LogP contribution in [0.3, 0.4) is 0 Å². The van der Waals surface area contributed by atoms with Crippen LogP contribution >= 0.6 is 0 Å². The summed E-state index contributed by atoms with van der Waals surface area (Å²) in [6.07, 6.45) is 16.7. The lowest BCUT2D eigenvalue weighted by atomic mass is 9.43. The third-order valence-corrected chi connectivity index (χ3v) is 11.9. The van der Waals surface area contributed by atoms with E-state index in [-0.39, 0.29) is 28.8 Å². The van der Waals surface area contributed by atoms with Gasteiger partial charge in [-0.2, -0.15) is 0 Å². The molecule has 8 atom stereocenters. The predicted molar refractivity (Wildman–Crippen MR) is 141 cm³/mol. The Balaban J connectivity index is 1.29. The van der Waals surface area contributed by atoms with Crippen molar-refractivity contribution < 1.29 is 14.3 Å². The smallest absolute Gasteiger partial charge is 0.309 e. The van der Waals surface area contributed by atoms with Crippen molar-refractivity contribution in [3.63, 3.8) is 0 Å². The molecule has 0 heterocycles. The molecule has 5 rings (SSSR count). The molecule has 0 aliphatic heterocycles. The third kappa shape index (κ3) is 4.35. The summed E-state index contributed by atoms with van der Waals surface area (Å²) in [7, 11) is 0. The molecule has 0 radical (unpaired) electrons. The number of ether oxygens (including phenoxy) is 1. The van der Waals surface area contributed by atoms with E-state index in [0.717, 1.165) is 44.4 Å². The van der Waals surface area contributed by atoms with Crippen molar-refractivity contribution in [2.75, 3.05) is 0 Å². The van der Waals surface area contributed by atoms with E-state index in [2.05, 4.69) is 34.6 Å². The fraction of sp³-hybridized carbons (Fsp3) is 0.875. The standard InChI is InChI=1S/C32H50O3/c1-6-7-8-22-9-11-23(12-10-22)30(34)35-27-14-13-26-28-20(2)17-24-18-25(33)15-16-31(24,4)29(28)21(3)19-32(26,27)5/h18,20-23,26-29H,6-17,19H2,1-5H3/t20-,21+,22?,23?,26+,27+,28+,29+,31+,32+/m1/s1. The molecule has 3 heteroatoms. The van der Waals surface area contributed by atoms with Crippen LogP contribution in [0.4, 0.5) is 0 Å². The number of carbonyl (C=O) groups is 2. The molecule has 0 aromatic rings. The SMILES string of the molecule is CCCCC1CCC(C(=O)O[C@H]2CC[C@H]3[C@H]4[C@H]([C@@H](C)C[C@]23C)[C@@]2(C)CCC(=O)C=C2C[C@H]4C)CC1. The molecule has 0 aromatic heterocycles. The maximum Gasteiger partial charge on any atom is 0.309 e. The molecule has 0 unspecified atom stereocenters. The van der Waals surface area contributed by atoms with E-state index in [9.17, 15) is 9.59 Å². The zero-order chi connectivity index (χ0) is 25.0. The molecule has 0 spiro atoms. The van der Waals surface area contributed by atoms with Gasteiger partial charge in [0.05, 0.1) is 5.92 Å². The Kier molecular flexibility index (Phi) is 7.03. The average molecular weight is 483 g/mol. The van der Waals surface area contributed by atoms with Crippen molar-refractivity contribution >= 4 is 11.8 Å². The predicted octanol–water partition coefficient (Wildman–Crippen LogP) is 7.92. The molecule has 0 saturated heterocycles. The van der Waals surface area contributed by atoms with Gasteiger partial charge in [0.1, 0.15) is 6.10 Å². The van der Waals surface area contributed by atoms with E-state index in [4.69, 9.17) is 4.74 Å². The first-order valence-electron chi connectivity index (χ1n) is 15.1. The lowest BCUT2D eigenvalue weighted by Gasteiger charge is -2.62. The highest BCUT2D eigenvalue weighted by atomic mass is 16.5. The molecule has 0 aromatic carbocycles. The highest BCUT2D eigenvalue weighted by Crippen LogP contribution is 2.68. The summed E-state index contributed by atoms with van der Waals surface area (Å²) < 4.78 is 6.45. The van der Waals surface area contributed by atoms with Gasteiger partial charge in [0.15, 0.2) is 5.78 Å². The van der Waals surface area contributed by atoms with Gasteiger partial charge in [0.25, 0.3) is 0 Å². The Labute approximate surface area is 214 Å². The van der Waals surface area contributed by atoms with E-state index >= 15 is 0 Å². The van der Waals surface area contributed by atoms with Crippen molar-refractivity contribution in [1.29, 1.82) is 0 Å². The summed E-state index contributed by atoms with van der Waals surface area (Å²) in [4.78, 5) is 25.6. The van der Waals surface area contributed by atoms with Crippen LogP contribution in [0.2, 0.25) is 0 Å². The van der Waals surface area contributed by atoms with Gasteiger partial charge in [0, 0.05) is 11.8 Å². The molecule has 0 amide bonds. The van der Waals surface area contributed by atoms with Crippen molar-refractivity contribution in [3.8, 4) is 0 Å². The van der Waals surface area contributed by atoms with Gasteiger partial charge >= 0.3 is 5.97 Å². The molecular formula is C32H50O3. The van der Waals surface area contributed by atoms with Crippen molar-refractivity contribution in [2.45, 2.75) is 124 Å². The van der Waals surface area contributed by atoms with Crippen molar-refractivity contribution in [3.05, 3.63) is 11.6 Å². The minimum absolute atomic E-state index is 0.0890. The summed E-state index contributed by atoms with van der Waals surface area (Å²) in [6, 6.07) is 0. The van der Waals surface area contributed by atoms with Crippen LogP contribution < -0.4 is 0 Å². The lowest BCUT2D eigenvalue weighted by molar-refractivity contribution is -0.171. The number of rotatable bonds is 5. The number of unbranched alkanes of at least 4 members (excludes halogenated alkanes) is 1. The van der Waals surface area contributed by atoms with Gasteiger partial charge in [-0.05, 0) is 105 Å². The van der Waals surface area contributed by atoms with Crippen molar-refractivity contribution in [2.24, 2.45) is 52.3 Å². The van der Waals surface area contributed by atoms with Gasteiger partial charge in [-0.25, -0.2) is 0 Å². The van der Waals surface area contributed by atoms with Gasteiger partial charge in [-0.1, -0.05) is 59.5 Å². The zero-order valence-electron chi connectivity index (χ0n) is 23.1. The fourth-order valence-corrected chi connectivity index (χ4v) is 10.1. The molecule has 196 valence electrons. The van der Waals surface area contributed by atoms with E-state index in [1.165, 1.54) is 44.1 Å². The minimum atomic E-state index is 0.0890. The zero-order valence-corrected chi connectivity index (χ0v) is 23.1. The molecule has 5 aliphatic carbocycles. The van der Waals surface area contributed by atoms with E-state index in [0.29, 0.717) is 41.8 Å². The minimum Gasteiger partial charge on any atom is -0.462 e. The van der Waals surface area contributed by atoms with Gasteiger partial charge in [-0.3, -0.25) is 9.59 Å². The number of allylic oxidation sites excluding steroid dienone is 1. The number of fused-ring (bicyclic) bond motifs is 5. The number of hydrogen-bond donors (Lipinski definition) is 0. The Morgan fingerprint density at radius 3 is 2.51 bits per heavy atom. The molecule has 5 aliphatic rings. The highest BCUT2D eigenvalue weighted by Gasteiger charge is 2.63. The van der Waals surface area contributed by atoms with Crippen LogP contribution in [-0.4, -0.2) is 17.9 Å². The lowest BCUT2D eigenvalue weighted by Crippen LogP contribution is -2.57. The molecule has 35 heavy (non-hydrogen) atoms. The summed E-state index contributed by atoms with van der Waals surface area (Å²) in [6.45, 7) is 12.1. The highest BCUT2D eigenvalue weighted by molar-refractivity contribution is 5.91. The van der Waals surface area contributed by atoms with Gasteiger partial charge < -0.3 is 4.74 Å². The number of esters is 1. The van der Waals surface area contributed by atoms with Crippen molar-refractivity contribution in [1.82, 2.24) is 0 Å². The number of ketones is 1. The Hall–Kier alpha value is -1.12. The second-order valence-electron chi connectivity index (χ2n) is 14.0. The van der Waals surface area contributed by atoms with Gasteiger partial charge in [0.2, 0.25) is 0 Å². The summed E-state index contributed by atoms with van der Waals surface area (Å²) in [5.41, 5.74) is 1.72. The quantitative estimate of drug-likeness (QED) is 0.374. The summed E-state index contributed by atoms with van der Waals surface area (Å²) in [5, 5.41) is 0. The maximum absolute atomic E-state index is 13.3. The topological polar surface area (TPSA) is 43.4 Å². The van der Waals surface area contributed by atoms with Crippen LogP contribution in [0.25, 0.3) is 0 Å². The summed E-state index contributed by atoms with van der Waals surface area (Å²) >= 11 is 0. The largest absolute Gasteiger partial charge is 0.462 e. The van der Waals surface area contributed by atoms with Gasteiger partial charge in [-0.15, -0.1) is 0 Å². The summed E-state index contributed by atoms with van der Waals surface area (Å²) in [5.74, 6) is 4.56. The molecule has 0 bridgehead atoms. The molecular weight excluding hydrogens is 432 g/mol. The van der Waals surface area contributed by atoms with Crippen LogP contribution in [0.1, 0.15) is 118 Å². The number of carbonyl (C=O) groups excluding carboxylic acids is 2. The molecule has 3 nitrogen and oxygen atoms in total. The second kappa shape index (κ2) is 9.64. The third-order valence-electron chi connectivity index (χ3n) is 11.9. The van der Waals surface area contributed by atoms with Crippen LogP contribution in [0.5, 0.6) is 0 Å². The Morgan fingerprint density at radius 2 is 1.80 bits per heavy atom. The Bertz CT molecular complexity index is 851. The number of hydrogen-bond acceptors (Lipinski definition) is 3.